The van der Waals surface area contributed by atoms with Gasteiger partial charge in [0.2, 0.25) is 0 Å². The van der Waals surface area contributed by atoms with Crippen molar-refractivity contribution >= 4 is 5.97 Å². The Morgan fingerprint density at radius 2 is 2.30 bits per heavy atom. The molecule has 0 radical (unpaired) electrons. The van der Waals surface area contributed by atoms with Crippen LogP contribution in [0, 0.1) is 0 Å². The second kappa shape index (κ2) is 2.58. The predicted molar refractivity (Wildman–Crippen MR) is 37.4 cm³/mol. The molecule has 2 N–H and O–H groups in total. The molecule has 0 aromatic carbocycles. The Kier molecular flexibility index (Phi) is 1.94. The fourth-order valence-corrected chi connectivity index (χ4v) is 0.837. The van der Waals surface area contributed by atoms with Crippen LogP contribution >= 0.6 is 0 Å². The first-order valence-electron chi connectivity index (χ1n) is 3.61. The number of ether oxygens (including phenoxy) is 1. The highest BCUT2D eigenvalue weighted by molar-refractivity contribution is 5.71. The number of carbonyl (C=O) groups excluding carboxylic acids is 1. The fraction of sp³-hybridized carbons (Fsp3) is 0.857. The third-order valence-electron chi connectivity index (χ3n) is 1.69. The van der Waals surface area contributed by atoms with Gasteiger partial charge in [0.1, 0.15) is 0 Å². The SMILES string of the molecule is CCOC(=O)CC1(N)CC1. The van der Waals surface area contributed by atoms with E-state index in [0.29, 0.717) is 13.0 Å². The molecule has 1 saturated carbocycles. The molecule has 1 aliphatic rings. The third kappa shape index (κ3) is 1.99. The van der Waals surface area contributed by atoms with E-state index in [1.807, 2.05) is 0 Å². The molecule has 0 unspecified atom stereocenters. The zero-order chi connectivity index (χ0) is 7.61. The van der Waals surface area contributed by atoms with Crippen molar-refractivity contribution in [1.29, 1.82) is 0 Å². The van der Waals surface area contributed by atoms with Crippen LogP contribution in [-0.2, 0) is 9.53 Å². The van der Waals surface area contributed by atoms with E-state index >= 15 is 0 Å². The van der Waals surface area contributed by atoms with Crippen molar-refractivity contribution in [2.24, 2.45) is 5.73 Å². The lowest BCUT2D eigenvalue weighted by Gasteiger charge is -2.05. The summed E-state index contributed by atoms with van der Waals surface area (Å²) in [6.45, 7) is 2.25. The Balaban J connectivity index is 2.18. The van der Waals surface area contributed by atoms with Crippen LogP contribution in [0.5, 0.6) is 0 Å². The van der Waals surface area contributed by atoms with Gasteiger partial charge in [-0.05, 0) is 19.8 Å². The summed E-state index contributed by atoms with van der Waals surface area (Å²) in [6.07, 6.45) is 2.32. The van der Waals surface area contributed by atoms with Crippen LogP contribution in [0.25, 0.3) is 0 Å². The van der Waals surface area contributed by atoms with Crippen LogP contribution in [0.1, 0.15) is 26.2 Å². The molecular weight excluding hydrogens is 130 g/mol. The van der Waals surface area contributed by atoms with E-state index < -0.39 is 0 Å². The van der Waals surface area contributed by atoms with E-state index in [9.17, 15) is 4.79 Å². The van der Waals surface area contributed by atoms with Gasteiger partial charge in [-0.1, -0.05) is 0 Å². The zero-order valence-electron chi connectivity index (χ0n) is 6.22. The van der Waals surface area contributed by atoms with E-state index in [2.05, 4.69) is 0 Å². The van der Waals surface area contributed by atoms with Crippen LogP contribution in [0.4, 0.5) is 0 Å². The lowest BCUT2D eigenvalue weighted by Crippen LogP contribution is -2.26. The number of nitrogens with two attached hydrogens (primary N) is 1. The second-order valence-corrected chi connectivity index (χ2v) is 2.84. The van der Waals surface area contributed by atoms with Crippen molar-refractivity contribution in [3.63, 3.8) is 0 Å². The van der Waals surface area contributed by atoms with Gasteiger partial charge in [0, 0.05) is 5.54 Å². The minimum atomic E-state index is -0.202. The van der Waals surface area contributed by atoms with Gasteiger partial charge in [0.15, 0.2) is 0 Å². The lowest BCUT2D eigenvalue weighted by atomic mass is 10.2. The van der Waals surface area contributed by atoms with Crippen LogP contribution < -0.4 is 5.73 Å². The van der Waals surface area contributed by atoms with Crippen molar-refractivity contribution in [1.82, 2.24) is 0 Å². The summed E-state index contributed by atoms with van der Waals surface area (Å²) in [4.78, 5) is 10.8. The molecule has 58 valence electrons. The average molecular weight is 143 g/mol. The monoisotopic (exact) mass is 143 g/mol. The molecule has 1 aliphatic carbocycles. The van der Waals surface area contributed by atoms with E-state index in [-0.39, 0.29) is 11.5 Å². The first-order chi connectivity index (χ1) is 4.66. The molecule has 1 rings (SSSR count). The Labute approximate surface area is 60.5 Å². The van der Waals surface area contributed by atoms with Crippen LogP contribution in [0.15, 0.2) is 0 Å². The number of hydrogen-bond donors (Lipinski definition) is 1. The number of esters is 1. The van der Waals surface area contributed by atoms with Gasteiger partial charge in [-0.25, -0.2) is 0 Å². The van der Waals surface area contributed by atoms with Crippen LogP contribution in [-0.4, -0.2) is 18.1 Å². The summed E-state index contributed by atoms with van der Waals surface area (Å²) in [7, 11) is 0. The maximum Gasteiger partial charge on any atom is 0.307 e. The van der Waals surface area contributed by atoms with Gasteiger partial charge in [0.25, 0.3) is 0 Å². The first kappa shape index (κ1) is 7.54. The maximum atomic E-state index is 10.8. The number of rotatable bonds is 3. The van der Waals surface area contributed by atoms with Gasteiger partial charge in [-0.3, -0.25) is 4.79 Å². The second-order valence-electron chi connectivity index (χ2n) is 2.84. The zero-order valence-corrected chi connectivity index (χ0v) is 6.22. The van der Waals surface area contributed by atoms with E-state index in [0.717, 1.165) is 12.8 Å². The molecule has 3 heteroatoms. The normalized spacial score (nSPS) is 20.2. The summed E-state index contributed by atoms with van der Waals surface area (Å²) in [5.41, 5.74) is 5.47. The topological polar surface area (TPSA) is 52.3 Å². The van der Waals surface area contributed by atoms with E-state index in [4.69, 9.17) is 10.5 Å². The largest absolute Gasteiger partial charge is 0.466 e. The molecule has 0 amide bonds. The van der Waals surface area contributed by atoms with Gasteiger partial charge in [-0.15, -0.1) is 0 Å². The molecule has 0 spiro atoms. The quantitative estimate of drug-likeness (QED) is 0.583. The van der Waals surface area contributed by atoms with Crippen molar-refractivity contribution in [3.05, 3.63) is 0 Å². The summed E-state index contributed by atoms with van der Waals surface area (Å²) in [5, 5.41) is 0. The standard InChI is InChI=1S/C7H13NO2/c1-2-10-6(9)5-7(8)3-4-7/h2-5,8H2,1H3. The minimum absolute atomic E-state index is 0.164. The lowest BCUT2D eigenvalue weighted by molar-refractivity contribution is -0.143. The summed E-state index contributed by atoms with van der Waals surface area (Å²) >= 11 is 0. The molecule has 0 aromatic rings. The summed E-state index contributed by atoms with van der Waals surface area (Å²) in [6, 6.07) is 0. The van der Waals surface area contributed by atoms with Gasteiger partial charge < -0.3 is 10.5 Å². The number of carbonyl (C=O) groups is 1. The molecule has 1 fully saturated rings. The molecule has 0 bridgehead atoms. The molecule has 10 heavy (non-hydrogen) atoms. The van der Waals surface area contributed by atoms with Crippen LogP contribution in [0.2, 0.25) is 0 Å². The molecule has 0 atom stereocenters. The Hall–Kier alpha value is -0.570. The molecule has 3 nitrogen and oxygen atoms in total. The molecule has 0 aliphatic heterocycles. The van der Waals surface area contributed by atoms with Crippen molar-refractivity contribution in [2.45, 2.75) is 31.7 Å². The molecular formula is C7H13NO2. The number of hydrogen-bond acceptors (Lipinski definition) is 3. The average Bonchev–Trinajstić information content (AvgIpc) is 2.48. The van der Waals surface area contributed by atoms with E-state index in [1.165, 1.54) is 0 Å². The Morgan fingerprint density at radius 1 is 1.70 bits per heavy atom. The third-order valence-corrected chi connectivity index (χ3v) is 1.69. The summed E-state index contributed by atoms with van der Waals surface area (Å²) < 4.78 is 4.74. The summed E-state index contributed by atoms with van der Waals surface area (Å²) in [5.74, 6) is -0.164. The molecule has 0 aromatic heterocycles. The predicted octanol–water partition coefficient (Wildman–Crippen LogP) is 0.431. The smallest absolute Gasteiger partial charge is 0.307 e. The van der Waals surface area contributed by atoms with Gasteiger partial charge in [-0.2, -0.15) is 0 Å². The highest BCUT2D eigenvalue weighted by Crippen LogP contribution is 2.35. The van der Waals surface area contributed by atoms with Gasteiger partial charge >= 0.3 is 5.97 Å². The molecule has 0 heterocycles. The van der Waals surface area contributed by atoms with Gasteiger partial charge in [0.05, 0.1) is 13.0 Å². The van der Waals surface area contributed by atoms with Crippen molar-refractivity contribution in [3.8, 4) is 0 Å². The van der Waals surface area contributed by atoms with Crippen molar-refractivity contribution in [2.75, 3.05) is 6.61 Å². The fourth-order valence-electron chi connectivity index (χ4n) is 0.837. The minimum Gasteiger partial charge on any atom is -0.466 e. The molecule has 0 saturated heterocycles. The van der Waals surface area contributed by atoms with E-state index in [1.54, 1.807) is 6.92 Å². The maximum absolute atomic E-state index is 10.8. The first-order valence-corrected chi connectivity index (χ1v) is 3.61. The van der Waals surface area contributed by atoms with Crippen LogP contribution in [0.3, 0.4) is 0 Å². The van der Waals surface area contributed by atoms with Crippen molar-refractivity contribution < 1.29 is 9.53 Å². The highest BCUT2D eigenvalue weighted by atomic mass is 16.5. The highest BCUT2D eigenvalue weighted by Gasteiger charge is 2.40. The Morgan fingerprint density at radius 3 is 2.70 bits per heavy atom. The Bertz CT molecular complexity index is 141.